The summed E-state index contributed by atoms with van der Waals surface area (Å²) in [5, 5.41) is 5.74. The van der Waals surface area contributed by atoms with Crippen molar-refractivity contribution < 1.29 is 0 Å². The van der Waals surface area contributed by atoms with Crippen molar-refractivity contribution in [3.05, 3.63) is 55.0 Å². The third kappa shape index (κ3) is 3.35. The van der Waals surface area contributed by atoms with Crippen LogP contribution in [-0.2, 0) is 0 Å². The molecule has 5 heteroatoms. The van der Waals surface area contributed by atoms with E-state index < -0.39 is 0 Å². The molecule has 0 radical (unpaired) electrons. The van der Waals surface area contributed by atoms with Crippen LogP contribution in [0.2, 0.25) is 5.02 Å². The van der Waals surface area contributed by atoms with Gasteiger partial charge in [0.2, 0.25) is 0 Å². The fourth-order valence-corrected chi connectivity index (χ4v) is 5.36. The highest BCUT2D eigenvalue weighted by Gasteiger charge is 2.19. The maximum Gasteiger partial charge on any atom is 0.0888 e. The quantitative estimate of drug-likeness (QED) is 0.517. The van der Waals surface area contributed by atoms with Crippen LogP contribution in [0.1, 0.15) is 29.1 Å². The van der Waals surface area contributed by atoms with Crippen LogP contribution in [0.15, 0.2) is 40.2 Å². The number of rotatable bonds is 5. The fraction of sp³-hybridized carbons (Fsp3) is 0.250. The van der Waals surface area contributed by atoms with Crippen molar-refractivity contribution in [2.75, 3.05) is 6.54 Å². The first-order valence-corrected chi connectivity index (χ1v) is 9.66. The van der Waals surface area contributed by atoms with Crippen molar-refractivity contribution in [1.29, 1.82) is 0 Å². The predicted octanol–water partition coefficient (Wildman–Crippen LogP) is 6.47. The second kappa shape index (κ2) is 6.80. The molecule has 1 unspecified atom stereocenters. The van der Waals surface area contributed by atoms with Gasteiger partial charge < -0.3 is 5.32 Å². The minimum Gasteiger partial charge on any atom is -0.305 e. The van der Waals surface area contributed by atoms with Crippen molar-refractivity contribution >= 4 is 60.3 Å². The number of nitrogens with one attached hydrogen (secondary N) is 1. The minimum absolute atomic E-state index is 0.219. The number of hydrogen-bond acceptors (Lipinski definition) is 3. The van der Waals surface area contributed by atoms with E-state index in [9.17, 15) is 0 Å². The van der Waals surface area contributed by atoms with Gasteiger partial charge in [-0.05, 0) is 52.5 Å². The van der Waals surface area contributed by atoms with Crippen molar-refractivity contribution in [2.24, 2.45) is 0 Å². The zero-order chi connectivity index (χ0) is 14.8. The number of benzene rings is 1. The van der Waals surface area contributed by atoms with E-state index in [0.717, 1.165) is 21.8 Å². The lowest BCUT2D eigenvalue weighted by atomic mass is 10.1. The number of thiophene rings is 2. The molecule has 0 saturated carbocycles. The molecule has 0 bridgehead atoms. The molecule has 3 aromatic rings. The molecule has 3 rings (SSSR count). The molecule has 1 N–H and O–H groups in total. The van der Waals surface area contributed by atoms with Crippen LogP contribution < -0.4 is 5.32 Å². The third-order valence-corrected chi connectivity index (χ3v) is 7.00. The Morgan fingerprint density at radius 3 is 2.62 bits per heavy atom. The Hall–Kier alpha value is -0.390. The molecule has 0 amide bonds. The summed E-state index contributed by atoms with van der Waals surface area (Å²) >= 11 is 13.3. The Labute approximate surface area is 146 Å². The van der Waals surface area contributed by atoms with Crippen molar-refractivity contribution in [1.82, 2.24) is 5.32 Å². The van der Waals surface area contributed by atoms with Crippen LogP contribution in [0.5, 0.6) is 0 Å². The van der Waals surface area contributed by atoms with E-state index >= 15 is 0 Å². The lowest BCUT2D eigenvalue weighted by Gasteiger charge is -2.15. The van der Waals surface area contributed by atoms with Crippen LogP contribution in [0.25, 0.3) is 10.1 Å². The summed E-state index contributed by atoms with van der Waals surface area (Å²) in [6.07, 6.45) is 1.11. The van der Waals surface area contributed by atoms with E-state index in [1.54, 1.807) is 11.3 Å². The number of halogens is 2. The number of fused-ring (bicyclic) bond motifs is 1. The molecule has 2 heterocycles. The van der Waals surface area contributed by atoms with Gasteiger partial charge in [0.15, 0.2) is 0 Å². The van der Waals surface area contributed by atoms with Crippen LogP contribution in [0.4, 0.5) is 0 Å². The first-order valence-electron chi connectivity index (χ1n) is 6.85. The molecule has 0 fully saturated rings. The fourth-order valence-electron chi connectivity index (χ4n) is 2.28. The van der Waals surface area contributed by atoms with E-state index in [1.165, 1.54) is 19.8 Å². The molecule has 0 spiro atoms. The topological polar surface area (TPSA) is 12.0 Å². The summed E-state index contributed by atoms with van der Waals surface area (Å²) < 4.78 is 2.33. The van der Waals surface area contributed by atoms with Gasteiger partial charge in [0.05, 0.1) is 14.9 Å². The van der Waals surface area contributed by atoms with Crippen molar-refractivity contribution in [3.8, 4) is 0 Å². The first kappa shape index (κ1) is 15.5. The Morgan fingerprint density at radius 2 is 1.95 bits per heavy atom. The van der Waals surface area contributed by atoms with Gasteiger partial charge in [-0.25, -0.2) is 0 Å². The summed E-state index contributed by atoms with van der Waals surface area (Å²) in [4.78, 5) is 2.60. The van der Waals surface area contributed by atoms with Crippen molar-refractivity contribution in [3.63, 3.8) is 0 Å². The SMILES string of the molecule is CCCNC(c1cc(Cl)c(Br)s1)c1cc2ccccc2s1. The van der Waals surface area contributed by atoms with Gasteiger partial charge in [0.1, 0.15) is 0 Å². The molecular weight excluding hydrogens is 386 g/mol. The maximum atomic E-state index is 6.21. The van der Waals surface area contributed by atoms with Crippen LogP contribution in [0, 0.1) is 0 Å². The molecule has 1 atom stereocenters. The van der Waals surface area contributed by atoms with E-state index in [2.05, 4.69) is 64.6 Å². The summed E-state index contributed by atoms with van der Waals surface area (Å²) in [6.45, 7) is 3.18. The summed E-state index contributed by atoms with van der Waals surface area (Å²) in [7, 11) is 0. The molecule has 21 heavy (non-hydrogen) atoms. The molecule has 0 aliphatic rings. The van der Waals surface area contributed by atoms with Gasteiger partial charge in [-0.15, -0.1) is 22.7 Å². The molecule has 110 valence electrons. The molecule has 1 aromatic carbocycles. The van der Waals surface area contributed by atoms with E-state index in [4.69, 9.17) is 11.6 Å². The third-order valence-electron chi connectivity index (χ3n) is 3.28. The smallest absolute Gasteiger partial charge is 0.0888 e. The Kier molecular flexibility index (Phi) is 5.02. The summed E-state index contributed by atoms with van der Waals surface area (Å²) in [5.41, 5.74) is 0. The van der Waals surface area contributed by atoms with Crippen LogP contribution >= 0.6 is 50.2 Å². The highest BCUT2D eigenvalue weighted by Crippen LogP contribution is 2.40. The summed E-state index contributed by atoms with van der Waals surface area (Å²) in [5.74, 6) is 0. The molecule has 0 aliphatic carbocycles. The zero-order valence-corrected chi connectivity index (χ0v) is 15.5. The molecule has 1 nitrogen and oxygen atoms in total. The Bertz CT molecular complexity index is 697. The van der Waals surface area contributed by atoms with E-state index in [1.807, 2.05) is 11.3 Å². The van der Waals surface area contributed by atoms with E-state index in [-0.39, 0.29) is 6.04 Å². The molecule has 2 aromatic heterocycles. The minimum atomic E-state index is 0.219. The number of hydrogen-bond donors (Lipinski definition) is 1. The average molecular weight is 401 g/mol. The van der Waals surface area contributed by atoms with Gasteiger partial charge in [-0.2, -0.15) is 0 Å². The first-order chi connectivity index (χ1) is 10.2. The second-order valence-electron chi connectivity index (χ2n) is 4.84. The highest BCUT2D eigenvalue weighted by atomic mass is 79.9. The standard InChI is InChI=1S/C16H15BrClNS2/c1-2-7-19-15(14-9-11(18)16(17)21-14)13-8-10-5-3-4-6-12(10)20-13/h3-6,8-9,15,19H,2,7H2,1H3. The molecular formula is C16H15BrClNS2. The Morgan fingerprint density at radius 1 is 1.19 bits per heavy atom. The maximum absolute atomic E-state index is 6.21. The van der Waals surface area contributed by atoms with Gasteiger partial charge in [0, 0.05) is 14.5 Å². The largest absolute Gasteiger partial charge is 0.305 e. The van der Waals surface area contributed by atoms with Gasteiger partial charge >= 0.3 is 0 Å². The molecule has 0 aliphatic heterocycles. The zero-order valence-electron chi connectivity index (χ0n) is 11.5. The van der Waals surface area contributed by atoms with Crippen LogP contribution in [-0.4, -0.2) is 6.54 Å². The summed E-state index contributed by atoms with van der Waals surface area (Å²) in [6, 6.07) is 13.1. The van der Waals surface area contributed by atoms with Crippen LogP contribution in [0.3, 0.4) is 0 Å². The van der Waals surface area contributed by atoms with Gasteiger partial charge in [-0.3, -0.25) is 0 Å². The monoisotopic (exact) mass is 399 g/mol. The predicted molar refractivity (Wildman–Crippen MR) is 99.0 cm³/mol. The normalized spacial score (nSPS) is 12.9. The second-order valence-corrected chi connectivity index (χ2v) is 8.77. The Balaban J connectivity index is 2.01. The highest BCUT2D eigenvalue weighted by molar-refractivity contribution is 9.11. The lowest BCUT2D eigenvalue weighted by Crippen LogP contribution is -2.21. The van der Waals surface area contributed by atoms with E-state index in [0.29, 0.717) is 0 Å². The lowest BCUT2D eigenvalue weighted by molar-refractivity contribution is 0.613. The van der Waals surface area contributed by atoms with Gasteiger partial charge in [0.25, 0.3) is 0 Å². The average Bonchev–Trinajstić information content (AvgIpc) is 3.04. The molecule has 0 saturated heterocycles. The van der Waals surface area contributed by atoms with Crippen molar-refractivity contribution in [2.45, 2.75) is 19.4 Å². The van der Waals surface area contributed by atoms with Gasteiger partial charge in [-0.1, -0.05) is 36.7 Å².